The van der Waals surface area contributed by atoms with E-state index in [2.05, 4.69) is 10.6 Å². The summed E-state index contributed by atoms with van der Waals surface area (Å²) < 4.78 is 5.18. The minimum atomic E-state index is -0.980. The number of amides is 2. The highest BCUT2D eigenvalue weighted by molar-refractivity contribution is 6.35. The first-order valence-electron chi connectivity index (χ1n) is 6.80. The number of nitrogens with one attached hydrogen (secondary N) is 2. The zero-order valence-electron chi connectivity index (χ0n) is 11.8. The quantitative estimate of drug-likeness (QED) is 0.771. The molecule has 0 aromatic heterocycles. The summed E-state index contributed by atoms with van der Waals surface area (Å²) in [5, 5.41) is 5.94. The molecule has 22 heavy (non-hydrogen) atoms. The van der Waals surface area contributed by atoms with Crippen molar-refractivity contribution in [3.05, 3.63) is 28.2 Å². The van der Waals surface area contributed by atoms with E-state index >= 15 is 0 Å². The first-order valence-corrected chi connectivity index (χ1v) is 7.56. The largest absolute Gasteiger partial charge is 0.381 e. The molecule has 0 bridgehead atoms. The third-order valence-electron chi connectivity index (χ3n) is 3.45. The van der Waals surface area contributed by atoms with Crippen LogP contribution in [0.3, 0.4) is 0 Å². The first-order chi connectivity index (χ1) is 10.4. The molecule has 0 aliphatic carbocycles. The van der Waals surface area contributed by atoms with Gasteiger partial charge in [0.2, 0.25) is 11.8 Å². The molecule has 0 unspecified atom stereocenters. The molecule has 4 N–H and O–H groups in total. The predicted molar refractivity (Wildman–Crippen MR) is 85.1 cm³/mol. The third-order valence-corrected chi connectivity index (χ3v) is 4.01. The van der Waals surface area contributed by atoms with Crippen molar-refractivity contribution in [2.45, 2.75) is 18.4 Å². The number of anilines is 1. The van der Waals surface area contributed by atoms with Crippen LogP contribution >= 0.6 is 23.2 Å². The summed E-state index contributed by atoms with van der Waals surface area (Å²) in [4.78, 5) is 24.0. The van der Waals surface area contributed by atoms with Crippen molar-refractivity contribution in [2.24, 2.45) is 5.73 Å². The van der Waals surface area contributed by atoms with Crippen molar-refractivity contribution < 1.29 is 14.3 Å². The number of ether oxygens (including phenoxy) is 1. The van der Waals surface area contributed by atoms with E-state index in [0.29, 0.717) is 41.8 Å². The average molecular weight is 346 g/mol. The van der Waals surface area contributed by atoms with Crippen LogP contribution in [-0.2, 0) is 14.3 Å². The van der Waals surface area contributed by atoms with Crippen LogP contribution in [-0.4, -0.2) is 37.1 Å². The van der Waals surface area contributed by atoms with Crippen LogP contribution in [0, 0.1) is 0 Å². The van der Waals surface area contributed by atoms with E-state index in [9.17, 15) is 9.59 Å². The Balaban J connectivity index is 1.87. The molecule has 2 rings (SSSR count). The molecule has 0 radical (unpaired) electrons. The molecular weight excluding hydrogens is 329 g/mol. The van der Waals surface area contributed by atoms with Gasteiger partial charge in [0.15, 0.2) is 0 Å². The van der Waals surface area contributed by atoms with Crippen LogP contribution in [0.4, 0.5) is 5.69 Å². The summed E-state index contributed by atoms with van der Waals surface area (Å²) in [6.07, 6.45) is 0.862. The first kappa shape index (κ1) is 17.0. The lowest BCUT2D eigenvalue weighted by Crippen LogP contribution is -2.57. The average Bonchev–Trinajstić information content (AvgIpc) is 2.49. The molecule has 1 aromatic rings. The molecule has 1 fully saturated rings. The van der Waals surface area contributed by atoms with Crippen LogP contribution in [0.25, 0.3) is 0 Å². The maximum atomic E-state index is 12.1. The Morgan fingerprint density at radius 1 is 1.27 bits per heavy atom. The molecule has 120 valence electrons. The molecular formula is C14H17Cl2N3O3. The Morgan fingerprint density at radius 2 is 1.95 bits per heavy atom. The number of halogens is 2. The fourth-order valence-electron chi connectivity index (χ4n) is 2.09. The Bertz CT molecular complexity index is 574. The van der Waals surface area contributed by atoms with Gasteiger partial charge in [-0.2, -0.15) is 0 Å². The molecule has 1 saturated heterocycles. The van der Waals surface area contributed by atoms with Crippen molar-refractivity contribution in [1.82, 2.24) is 5.32 Å². The Kier molecular flexibility index (Phi) is 5.63. The molecule has 1 aliphatic rings. The second kappa shape index (κ2) is 7.28. The maximum absolute atomic E-state index is 12.1. The Labute approximate surface area is 138 Å². The van der Waals surface area contributed by atoms with Crippen molar-refractivity contribution in [2.75, 3.05) is 25.1 Å². The topological polar surface area (TPSA) is 93.5 Å². The van der Waals surface area contributed by atoms with E-state index in [4.69, 9.17) is 33.7 Å². The number of carbonyl (C=O) groups is 2. The molecule has 6 nitrogen and oxygen atoms in total. The van der Waals surface area contributed by atoms with E-state index in [1.165, 1.54) is 6.07 Å². The monoisotopic (exact) mass is 345 g/mol. The zero-order valence-corrected chi connectivity index (χ0v) is 13.3. The van der Waals surface area contributed by atoms with Crippen LogP contribution in [0.15, 0.2) is 18.2 Å². The van der Waals surface area contributed by atoms with Gasteiger partial charge in [0, 0.05) is 18.2 Å². The minimum absolute atomic E-state index is 0.193. The molecule has 0 saturated carbocycles. The van der Waals surface area contributed by atoms with Gasteiger partial charge in [0.05, 0.1) is 22.8 Å². The van der Waals surface area contributed by atoms with Gasteiger partial charge in [0.25, 0.3) is 0 Å². The third kappa shape index (κ3) is 4.33. The van der Waals surface area contributed by atoms with Gasteiger partial charge in [-0.3, -0.25) is 9.59 Å². The summed E-state index contributed by atoms with van der Waals surface area (Å²) in [6.45, 7) is 0.684. The second-order valence-corrected chi connectivity index (χ2v) is 5.97. The number of carbonyl (C=O) groups excluding carboxylic acids is 2. The Morgan fingerprint density at radius 3 is 2.64 bits per heavy atom. The highest BCUT2D eigenvalue weighted by Gasteiger charge is 2.35. The zero-order chi connectivity index (χ0) is 16.2. The van der Waals surface area contributed by atoms with Gasteiger partial charge in [-0.25, -0.2) is 0 Å². The molecule has 1 aliphatic heterocycles. The summed E-state index contributed by atoms with van der Waals surface area (Å²) in [6, 6.07) is 4.73. The summed E-state index contributed by atoms with van der Waals surface area (Å²) in [7, 11) is 0. The number of nitrogens with two attached hydrogens (primary N) is 1. The summed E-state index contributed by atoms with van der Waals surface area (Å²) in [5.74, 6) is -0.767. The van der Waals surface area contributed by atoms with Crippen molar-refractivity contribution in [3.8, 4) is 0 Å². The van der Waals surface area contributed by atoms with Gasteiger partial charge in [0.1, 0.15) is 0 Å². The second-order valence-electron chi connectivity index (χ2n) is 5.12. The van der Waals surface area contributed by atoms with Gasteiger partial charge in [-0.1, -0.05) is 23.2 Å². The molecule has 1 aromatic carbocycles. The normalized spacial score (nSPS) is 16.9. The number of rotatable bonds is 4. The summed E-state index contributed by atoms with van der Waals surface area (Å²) >= 11 is 11.8. The van der Waals surface area contributed by atoms with Crippen LogP contribution in [0.5, 0.6) is 0 Å². The van der Waals surface area contributed by atoms with Gasteiger partial charge < -0.3 is 21.1 Å². The molecule has 0 spiro atoms. The fourth-order valence-corrected chi connectivity index (χ4v) is 2.42. The molecule has 8 heteroatoms. The van der Waals surface area contributed by atoms with Crippen molar-refractivity contribution in [3.63, 3.8) is 0 Å². The lowest BCUT2D eigenvalue weighted by molar-refractivity contribution is -0.131. The lowest BCUT2D eigenvalue weighted by Gasteiger charge is -2.31. The van der Waals surface area contributed by atoms with E-state index in [1.807, 2.05) is 0 Å². The van der Waals surface area contributed by atoms with E-state index in [0.717, 1.165) is 0 Å². The van der Waals surface area contributed by atoms with Crippen LogP contribution in [0.2, 0.25) is 10.0 Å². The van der Waals surface area contributed by atoms with Crippen molar-refractivity contribution >= 4 is 40.7 Å². The number of hydrogen-bond acceptors (Lipinski definition) is 4. The highest BCUT2D eigenvalue weighted by Crippen LogP contribution is 2.25. The highest BCUT2D eigenvalue weighted by atomic mass is 35.5. The summed E-state index contributed by atoms with van der Waals surface area (Å²) in [5.41, 5.74) is 5.43. The standard InChI is InChI=1S/C14H17Cl2N3O3/c15-9-1-2-10(16)11(7-9)19-12(20)8-18-13(21)14(17)3-5-22-6-4-14/h1-2,7H,3-6,8,17H2,(H,18,21)(H,19,20). The van der Waals surface area contributed by atoms with E-state index < -0.39 is 11.4 Å². The SMILES string of the molecule is NC1(C(=O)NCC(=O)Nc2cc(Cl)ccc2Cl)CCOCC1. The molecule has 1 heterocycles. The fraction of sp³-hybridized carbons (Fsp3) is 0.429. The van der Waals surface area contributed by atoms with E-state index in [1.54, 1.807) is 12.1 Å². The maximum Gasteiger partial charge on any atom is 0.243 e. The molecule has 0 atom stereocenters. The van der Waals surface area contributed by atoms with Crippen molar-refractivity contribution in [1.29, 1.82) is 0 Å². The van der Waals surface area contributed by atoms with Crippen LogP contribution in [0.1, 0.15) is 12.8 Å². The van der Waals surface area contributed by atoms with Gasteiger partial charge in [-0.05, 0) is 31.0 Å². The molecule has 2 amide bonds. The van der Waals surface area contributed by atoms with Gasteiger partial charge in [-0.15, -0.1) is 0 Å². The predicted octanol–water partition coefficient (Wildman–Crippen LogP) is 1.56. The van der Waals surface area contributed by atoms with Gasteiger partial charge >= 0.3 is 0 Å². The number of benzene rings is 1. The Hall–Kier alpha value is -1.34. The lowest BCUT2D eigenvalue weighted by atomic mass is 9.90. The smallest absolute Gasteiger partial charge is 0.243 e. The van der Waals surface area contributed by atoms with E-state index in [-0.39, 0.29) is 12.5 Å². The van der Waals surface area contributed by atoms with Crippen LogP contribution < -0.4 is 16.4 Å². The number of hydrogen-bond donors (Lipinski definition) is 3. The minimum Gasteiger partial charge on any atom is -0.381 e.